The number of carbonyl (C=O) groups excluding carboxylic acids is 2. The summed E-state index contributed by atoms with van der Waals surface area (Å²) in [6.07, 6.45) is 5.02. The fraction of sp³-hybridized carbons (Fsp3) is 0.440. The van der Waals surface area contributed by atoms with E-state index in [1.165, 1.54) is 5.57 Å². The van der Waals surface area contributed by atoms with Crippen molar-refractivity contribution in [3.63, 3.8) is 0 Å². The summed E-state index contributed by atoms with van der Waals surface area (Å²) >= 11 is 1.81. The number of ether oxygens (including phenoxy) is 1. The number of benzene rings is 1. The van der Waals surface area contributed by atoms with Gasteiger partial charge in [-0.05, 0) is 48.5 Å². The van der Waals surface area contributed by atoms with Gasteiger partial charge in [-0.2, -0.15) is 11.8 Å². The van der Waals surface area contributed by atoms with Crippen molar-refractivity contribution in [2.24, 2.45) is 11.3 Å². The third-order valence-corrected chi connectivity index (χ3v) is 8.14. The van der Waals surface area contributed by atoms with E-state index in [9.17, 15) is 9.59 Å². The molecule has 0 radical (unpaired) electrons. The Labute approximate surface area is 183 Å². The largest absolute Gasteiger partial charge is 0.457 e. The number of allylic oxidation sites excluding steroid dienone is 3. The predicted molar refractivity (Wildman–Crippen MR) is 121 cm³/mol. The van der Waals surface area contributed by atoms with Crippen molar-refractivity contribution in [1.82, 2.24) is 4.90 Å². The molecule has 2 aliphatic carbocycles. The summed E-state index contributed by atoms with van der Waals surface area (Å²) in [6.45, 7) is 8.48. The average Bonchev–Trinajstić information content (AvgIpc) is 2.94. The van der Waals surface area contributed by atoms with Gasteiger partial charge in [-0.15, -0.1) is 0 Å². The van der Waals surface area contributed by atoms with Gasteiger partial charge in [-0.1, -0.05) is 45.0 Å². The fourth-order valence-corrected chi connectivity index (χ4v) is 6.03. The van der Waals surface area contributed by atoms with Gasteiger partial charge in [0.1, 0.15) is 6.10 Å². The van der Waals surface area contributed by atoms with Crippen molar-refractivity contribution >= 4 is 23.6 Å². The first-order chi connectivity index (χ1) is 14.3. The Morgan fingerprint density at radius 3 is 2.67 bits per heavy atom. The Morgan fingerprint density at radius 1 is 1.30 bits per heavy atom. The van der Waals surface area contributed by atoms with Crippen molar-refractivity contribution < 1.29 is 14.3 Å². The molecule has 0 aromatic heterocycles. The van der Waals surface area contributed by atoms with Crippen LogP contribution in [0.15, 0.2) is 64.9 Å². The number of hydrogen-bond donors (Lipinski definition) is 0. The Balaban J connectivity index is 1.72. The molecule has 0 spiro atoms. The highest BCUT2D eigenvalue weighted by Gasteiger charge is 2.51. The first-order valence-corrected chi connectivity index (χ1v) is 11.6. The van der Waals surface area contributed by atoms with Gasteiger partial charge >= 0.3 is 5.97 Å². The number of rotatable bonds is 4. The van der Waals surface area contributed by atoms with Crippen LogP contribution < -0.4 is 0 Å². The molecule has 0 unspecified atom stereocenters. The van der Waals surface area contributed by atoms with E-state index in [1.807, 2.05) is 43.9 Å². The molecule has 1 aromatic rings. The Bertz CT molecular complexity index is 977. The molecular weight excluding hydrogens is 394 g/mol. The molecule has 4 atom stereocenters. The number of thioether (sulfide) groups is 1. The van der Waals surface area contributed by atoms with E-state index in [0.717, 1.165) is 29.0 Å². The molecule has 0 saturated heterocycles. The molecule has 1 heterocycles. The van der Waals surface area contributed by atoms with Crippen LogP contribution >= 0.6 is 11.8 Å². The van der Waals surface area contributed by atoms with Gasteiger partial charge in [-0.25, -0.2) is 4.79 Å². The Morgan fingerprint density at radius 2 is 2.00 bits per heavy atom. The average molecular weight is 424 g/mol. The molecule has 1 aliphatic heterocycles. The number of likely N-dealkylation sites (N-methyl/N-ethyl adjacent to an activating group) is 1. The van der Waals surface area contributed by atoms with Gasteiger partial charge < -0.3 is 9.64 Å². The second-order valence-electron chi connectivity index (χ2n) is 8.66. The maximum absolute atomic E-state index is 12.9. The SMILES string of the molecule is CCS[C@@H]1C=C2C=C3C(=C(C)C(=O)N3C)C[C@]2(C)[C@@H](C)[C@H]1OC(=O)c1ccccc1. The fourth-order valence-electron chi connectivity index (χ4n) is 4.92. The van der Waals surface area contributed by atoms with Crippen LogP contribution in [-0.4, -0.2) is 40.9 Å². The highest BCUT2D eigenvalue weighted by atomic mass is 32.2. The molecule has 30 heavy (non-hydrogen) atoms. The third kappa shape index (κ3) is 3.24. The maximum Gasteiger partial charge on any atom is 0.338 e. The van der Waals surface area contributed by atoms with Crippen molar-refractivity contribution in [2.45, 2.75) is 45.5 Å². The van der Waals surface area contributed by atoms with Crippen LogP contribution in [0.25, 0.3) is 0 Å². The highest BCUT2D eigenvalue weighted by molar-refractivity contribution is 8.00. The van der Waals surface area contributed by atoms with E-state index in [2.05, 4.69) is 32.9 Å². The molecule has 1 amide bonds. The van der Waals surface area contributed by atoms with Crippen LogP contribution in [0.2, 0.25) is 0 Å². The van der Waals surface area contributed by atoms with Crippen LogP contribution in [0.3, 0.4) is 0 Å². The zero-order valence-electron chi connectivity index (χ0n) is 18.3. The summed E-state index contributed by atoms with van der Waals surface area (Å²) < 4.78 is 6.13. The second-order valence-corrected chi connectivity index (χ2v) is 10.1. The highest BCUT2D eigenvalue weighted by Crippen LogP contribution is 2.55. The lowest BCUT2D eigenvalue weighted by molar-refractivity contribution is -0.123. The van der Waals surface area contributed by atoms with Gasteiger partial charge in [0.15, 0.2) is 0 Å². The number of nitrogens with zero attached hydrogens (tertiary/aromatic N) is 1. The first-order valence-electron chi connectivity index (χ1n) is 10.6. The molecule has 0 N–H and O–H groups in total. The summed E-state index contributed by atoms with van der Waals surface area (Å²) in [5.41, 5.74) is 4.63. The number of amides is 1. The Kier molecular flexibility index (Phi) is 5.43. The number of fused-ring (bicyclic) bond motifs is 2. The normalized spacial score (nSPS) is 30.5. The Hall–Kier alpha value is -2.27. The maximum atomic E-state index is 12.9. The van der Waals surface area contributed by atoms with Crippen LogP contribution in [0, 0.1) is 11.3 Å². The van der Waals surface area contributed by atoms with Crippen LogP contribution in [0.1, 0.15) is 44.5 Å². The zero-order valence-corrected chi connectivity index (χ0v) is 19.1. The van der Waals surface area contributed by atoms with E-state index in [4.69, 9.17) is 4.74 Å². The predicted octanol–water partition coefficient (Wildman–Crippen LogP) is 4.99. The topological polar surface area (TPSA) is 46.6 Å². The minimum absolute atomic E-state index is 0.0817. The smallest absolute Gasteiger partial charge is 0.338 e. The van der Waals surface area contributed by atoms with Crippen LogP contribution in [0.4, 0.5) is 0 Å². The number of esters is 1. The number of hydrogen-bond acceptors (Lipinski definition) is 4. The van der Waals surface area contributed by atoms with Crippen molar-refractivity contribution in [3.05, 3.63) is 70.5 Å². The molecule has 1 aromatic carbocycles. The quantitative estimate of drug-likeness (QED) is 0.640. The van der Waals surface area contributed by atoms with Gasteiger partial charge in [0.25, 0.3) is 5.91 Å². The third-order valence-electron chi connectivity index (χ3n) is 7.02. The lowest BCUT2D eigenvalue weighted by Gasteiger charge is -2.49. The molecule has 4 nitrogen and oxygen atoms in total. The summed E-state index contributed by atoms with van der Waals surface area (Å²) in [7, 11) is 1.85. The van der Waals surface area contributed by atoms with Crippen molar-refractivity contribution in [3.8, 4) is 0 Å². The zero-order chi connectivity index (χ0) is 21.6. The monoisotopic (exact) mass is 423 g/mol. The molecule has 0 fully saturated rings. The minimum atomic E-state index is -0.271. The summed E-state index contributed by atoms with van der Waals surface area (Å²) in [5.74, 6) is 0.871. The second kappa shape index (κ2) is 7.77. The molecule has 0 saturated carbocycles. The molecule has 4 rings (SSSR count). The molecule has 5 heteroatoms. The summed E-state index contributed by atoms with van der Waals surface area (Å²) in [6, 6.07) is 9.20. The summed E-state index contributed by atoms with van der Waals surface area (Å²) in [5, 5.41) is 0.0895. The van der Waals surface area contributed by atoms with E-state index in [-0.39, 0.29) is 34.6 Å². The van der Waals surface area contributed by atoms with E-state index in [1.54, 1.807) is 17.0 Å². The molecule has 0 bridgehead atoms. The van der Waals surface area contributed by atoms with Crippen molar-refractivity contribution in [2.75, 3.05) is 12.8 Å². The van der Waals surface area contributed by atoms with Gasteiger partial charge in [0.05, 0.1) is 10.8 Å². The molecule has 3 aliphatic rings. The van der Waals surface area contributed by atoms with E-state index in [0.29, 0.717) is 5.56 Å². The summed E-state index contributed by atoms with van der Waals surface area (Å²) in [4.78, 5) is 27.2. The van der Waals surface area contributed by atoms with E-state index >= 15 is 0 Å². The van der Waals surface area contributed by atoms with E-state index < -0.39 is 0 Å². The van der Waals surface area contributed by atoms with Gasteiger partial charge in [0.2, 0.25) is 0 Å². The lowest BCUT2D eigenvalue weighted by Crippen LogP contribution is -2.48. The molecule has 158 valence electrons. The number of carbonyl (C=O) groups is 2. The standard InChI is InChI=1S/C25H29NO3S/c1-6-30-21-13-18-12-20-19(15(2)23(27)26(20)5)14-25(18,4)16(3)22(21)29-24(28)17-10-8-7-9-11-17/h7-13,16,21-22H,6,14H2,1-5H3/t16-,21+,22+,25+/m0/s1. The van der Waals surface area contributed by atoms with Crippen LogP contribution in [0.5, 0.6) is 0 Å². The van der Waals surface area contributed by atoms with Gasteiger partial charge in [0, 0.05) is 29.7 Å². The minimum Gasteiger partial charge on any atom is -0.457 e. The first kappa shape index (κ1) is 21.0. The van der Waals surface area contributed by atoms with Crippen molar-refractivity contribution in [1.29, 1.82) is 0 Å². The lowest BCUT2D eigenvalue weighted by atomic mass is 9.60. The van der Waals surface area contributed by atoms with Gasteiger partial charge in [-0.3, -0.25) is 4.79 Å². The molecular formula is C25H29NO3S. The van der Waals surface area contributed by atoms with Crippen LogP contribution in [-0.2, 0) is 9.53 Å².